The topological polar surface area (TPSA) is 84.9 Å². The van der Waals surface area contributed by atoms with Crippen molar-refractivity contribution in [1.29, 1.82) is 5.41 Å². The predicted octanol–water partition coefficient (Wildman–Crippen LogP) is 3.36. The van der Waals surface area contributed by atoms with Crippen LogP contribution in [0.25, 0.3) is 10.9 Å². The summed E-state index contributed by atoms with van der Waals surface area (Å²) < 4.78 is 5.68. The third-order valence-corrected chi connectivity index (χ3v) is 3.08. The van der Waals surface area contributed by atoms with E-state index in [1.807, 2.05) is 24.3 Å². The number of pyridine rings is 2. The number of fused-ring (bicyclic) bond motifs is 1. The summed E-state index contributed by atoms with van der Waals surface area (Å²) >= 11 is 5.88. The smallest absolute Gasteiger partial charge is 0.230 e. The van der Waals surface area contributed by atoms with Gasteiger partial charge < -0.3 is 10.5 Å². The first-order valence-corrected chi connectivity index (χ1v) is 6.54. The highest BCUT2D eigenvalue weighted by molar-refractivity contribution is 6.30. The Morgan fingerprint density at radius 1 is 1.19 bits per heavy atom. The Morgan fingerprint density at radius 3 is 2.76 bits per heavy atom. The van der Waals surface area contributed by atoms with E-state index in [9.17, 15) is 0 Å². The zero-order chi connectivity index (χ0) is 14.8. The Kier molecular flexibility index (Phi) is 3.41. The summed E-state index contributed by atoms with van der Waals surface area (Å²) in [5.41, 5.74) is 6.79. The molecule has 0 spiro atoms. The summed E-state index contributed by atoms with van der Waals surface area (Å²) in [6.07, 6.45) is 3.03. The van der Waals surface area contributed by atoms with Gasteiger partial charge in [0.1, 0.15) is 11.6 Å². The Hall–Kier alpha value is -2.66. The molecule has 21 heavy (non-hydrogen) atoms. The lowest BCUT2D eigenvalue weighted by Gasteiger charge is -2.10. The van der Waals surface area contributed by atoms with Crippen molar-refractivity contribution >= 4 is 28.3 Å². The standard InChI is InChI=1S/C15H11ClN4O/c16-10-6-11(8-19-7-10)21-15-12(14(17)18)5-9-3-1-2-4-13(9)20-15/h1-8H,(H3,17,18). The van der Waals surface area contributed by atoms with Crippen molar-refractivity contribution in [2.75, 3.05) is 0 Å². The number of ether oxygens (including phenoxy) is 1. The Balaban J connectivity index is 2.11. The molecule has 1 aromatic carbocycles. The van der Waals surface area contributed by atoms with E-state index < -0.39 is 0 Å². The number of nitrogens with two attached hydrogens (primary N) is 1. The third kappa shape index (κ3) is 2.78. The maximum Gasteiger partial charge on any atom is 0.230 e. The molecule has 104 valence electrons. The lowest BCUT2D eigenvalue weighted by molar-refractivity contribution is 0.462. The molecule has 6 heteroatoms. The summed E-state index contributed by atoms with van der Waals surface area (Å²) in [6.45, 7) is 0. The molecule has 0 saturated carbocycles. The molecule has 2 heterocycles. The summed E-state index contributed by atoms with van der Waals surface area (Å²) in [4.78, 5) is 8.36. The van der Waals surface area contributed by atoms with Crippen LogP contribution >= 0.6 is 11.6 Å². The van der Waals surface area contributed by atoms with Gasteiger partial charge in [0, 0.05) is 17.6 Å². The molecular formula is C15H11ClN4O. The van der Waals surface area contributed by atoms with Gasteiger partial charge in [-0.1, -0.05) is 29.8 Å². The first kappa shape index (κ1) is 13.3. The second-order valence-corrected chi connectivity index (χ2v) is 4.82. The van der Waals surface area contributed by atoms with Gasteiger partial charge in [-0.3, -0.25) is 10.4 Å². The van der Waals surface area contributed by atoms with E-state index in [-0.39, 0.29) is 11.7 Å². The molecule has 0 aliphatic rings. The minimum absolute atomic E-state index is 0.113. The maximum absolute atomic E-state index is 7.68. The molecule has 0 saturated heterocycles. The highest BCUT2D eigenvalue weighted by atomic mass is 35.5. The summed E-state index contributed by atoms with van der Waals surface area (Å²) in [6, 6.07) is 10.9. The van der Waals surface area contributed by atoms with Gasteiger partial charge in [0.25, 0.3) is 0 Å². The fourth-order valence-corrected chi connectivity index (χ4v) is 2.09. The second kappa shape index (κ2) is 5.38. The molecule has 2 aromatic heterocycles. The third-order valence-electron chi connectivity index (χ3n) is 2.87. The largest absolute Gasteiger partial charge is 0.437 e. The Bertz CT molecular complexity index is 835. The molecule has 0 radical (unpaired) electrons. The van der Waals surface area contributed by atoms with Gasteiger partial charge in [0.05, 0.1) is 22.3 Å². The molecule has 0 amide bonds. The van der Waals surface area contributed by atoms with Crippen LogP contribution in [0.4, 0.5) is 0 Å². The van der Waals surface area contributed by atoms with Crippen molar-refractivity contribution in [3.8, 4) is 11.6 Å². The van der Waals surface area contributed by atoms with Gasteiger partial charge in [-0.05, 0) is 12.1 Å². The second-order valence-electron chi connectivity index (χ2n) is 4.39. The number of hydrogen-bond acceptors (Lipinski definition) is 4. The molecular weight excluding hydrogens is 288 g/mol. The first-order chi connectivity index (χ1) is 10.1. The van der Waals surface area contributed by atoms with Crippen molar-refractivity contribution in [1.82, 2.24) is 9.97 Å². The molecule has 0 bridgehead atoms. The van der Waals surface area contributed by atoms with Crippen LogP contribution in [0, 0.1) is 5.41 Å². The molecule has 3 aromatic rings. The number of para-hydroxylation sites is 1. The van der Waals surface area contributed by atoms with E-state index in [0.29, 0.717) is 16.3 Å². The van der Waals surface area contributed by atoms with Crippen LogP contribution in [0.2, 0.25) is 5.02 Å². The number of nitrogens with zero attached hydrogens (tertiary/aromatic N) is 2. The quantitative estimate of drug-likeness (QED) is 0.573. The fraction of sp³-hybridized carbons (Fsp3) is 0. The molecule has 3 N–H and O–H groups in total. The van der Waals surface area contributed by atoms with Gasteiger partial charge in [-0.15, -0.1) is 0 Å². The van der Waals surface area contributed by atoms with E-state index in [2.05, 4.69) is 9.97 Å². The first-order valence-electron chi connectivity index (χ1n) is 6.16. The van der Waals surface area contributed by atoms with E-state index in [4.69, 9.17) is 27.5 Å². The van der Waals surface area contributed by atoms with Crippen LogP contribution in [0.5, 0.6) is 11.6 Å². The predicted molar refractivity (Wildman–Crippen MR) is 82.1 cm³/mol. The van der Waals surface area contributed by atoms with Crippen molar-refractivity contribution in [2.45, 2.75) is 0 Å². The van der Waals surface area contributed by atoms with Crippen LogP contribution in [0.15, 0.2) is 48.8 Å². The van der Waals surface area contributed by atoms with E-state index in [1.165, 1.54) is 12.4 Å². The number of hydrogen-bond donors (Lipinski definition) is 2. The van der Waals surface area contributed by atoms with E-state index in [0.717, 1.165) is 10.9 Å². The van der Waals surface area contributed by atoms with Gasteiger partial charge >= 0.3 is 0 Å². The average molecular weight is 299 g/mol. The minimum atomic E-state index is -0.113. The van der Waals surface area contributed by atoms with Crippen LogP contribution in [0.3, 0.4) is 0 Å². The summed E-state index contributed by atoms with van der Waals surface area (Å²) in [5, 5.41) is 9.02. The zero-order valence-electron chi connectivity index (χ0n) is 10.9. The average Bonchev–Trinajstić information content (AvgIpc) is 2.46. The van der Waals surface area contributed by atoms with Crippen molar-refractivity contribution < 1.29 is 4.74 Å². The fourth-order valence-electron chi connectivity index (χ4n) is 1.93. The number of nitrogens with one attached hydrogen (secondary N) is 1. The molecule has 5 nitrogen and oxygen atoms in total. The van der Waals surface area contributed by atoms with Crippen molar-refractivity contribution in [3.63, 3.8) is 0 Å². The van der Waals surface area contributed by atoms with Crippen LogP contribution in [-0.2, 0) is 0 Å². The van der Waals surface area contributed by atoms with E-state index >= 15 is 0 Å². The SMILES string of the molecule is N=C(N)c1cc2ccccc2nc1Oc1cncc(Cl)c1. The van der Waals surface area contributed by atoms with E-state index in [1.54, 1.807) is 12.1 Å². The number of rotatable bonds is 3. The number of benzene rings is 1. The highest BCUT2D eigenvalue weighted by Gasteiger charge is 2.12. The Morgan fingerprint density at radius 2 is 2.00 bits per heavy atom. The Labute approximate surface area is 125 Å². The van der Waals surface area contributed by atoms with Gasteiger partial charge in [0.2, 0.25) is 5.88 Å². The highest BCUT2D eigenvalue weighted by Crippen LogP contribution is 2.27. The van der Waals surface area contributed by atoms with Crippen molar-refractivity contribution in [3.05, 3.63) is 59.4 Å². The van der Waals surface area contributed by atoms with Crippen LogP contribution in [0.1, 0.15) is 5.56 Å². The molecule has 0 fully saturated rings. The summed E-state index contributed by atoms with van der Waals surface area (Å²) in [7, 11) is 0. The lowest BCUT2D eigenvalue weighted by Crippen LogP contribution is -2.13. The van der Waals surface area contributed by atoms with Gasteiger partial charge in [-0.25, -0.2) is 4.98 Å². The normalized spacial score (nSPS) is 10.5. The van der Waals surface area contributed by atoms with Crippen LogP contribution in [-0.4, -0.2) is 15.8 Å². The number of amidine groups is 1. The molecule has 0 atom stereocenters. The number of halogens is 1. The molecule has 3 rings (SSSR count). The molecule has 0 aliphatic carbocycles. The monoisotopic (exact) mass is 298 g/mol. The lowest BCUT2D eigenvalue weighted by atomic mass is 10.1. The number of aromatic nitrogens is 2. The van der Waals surface area contributed by atoms with Crippen molar-refractivity contribution in [2.24, 2.45) is 5.73 Å². The van der Waals surface area contributed by atoms with Gasteiger partial charge in [0.15, 0.2) is 0 Å². The molecule has 0 unspecified atom stereocenters. The zero-order valence-corrected chi connectivity index (χ0v) is 11.6. The maximum atomic E-state index is 7.68. The minimum Gasteiger partial charge on any atom is -0.437 e. The summed E-state index contributed by atoms with van der Waals surface area (Å²) in [5.74, 6) is 0.580. The molecule has 0 aliphatic heterocycles. The van der Waals surface area contributed by atoms with Crippen LogP contribution < -0.4 is 10.5 Å². The van der Waals surface area contributed by atoms with Gasteiger partial charge in [-0.2, -0.15) is 0 Å². The number of nitrogen functional groups attached to an aromatic ring is 1.